The Kier molecular flexibility index (Phi) is 2.94. The molecule has 5 nitrogen and oxygen atoms in total. The number of fused-ring (bicyclic) bond motifs is 1. The molecule has 3 aromatic rings. The highest BCUT2D eigenvalue weighted by Crippen LogP contribution is 2.21. The Morgan fingerprint density at radius 3 is 2.50 bits per heavy atom. The van der Waals surface area contributed by atoms with Crippen molar-refractivity contribution in [3.63, 3.8) is 0 Å². The van der Waals surface area contributed by atoms with E-state index < -0.39 is 10.1 Å². The fraction of sp³-hybridized carbons (Fsp3) is 0.0714. The summed E-state index contributed by atoms with van der Waals surface area (Å²) >= 11 is 0. The second-order valence-corrected chi connectivity index (χ2v) is 5.88. The predicted molar refractivity (Wildman–Crippen MR) is 75.1 cm³/mol. The number of nitrogens with zero attached hydrogens (tertiary/aromatic N) is 1. The van der Waals surface area contributed by atoms with Crippen LogP contribution in [-0.4, -0.2) is 18.4 Å². The third-order valence-corrected chi connectivity index (χ3v) is 4.29. The van der Waals surface area contributed by atoms with Crippen molar-refractivity contribution in [2.45, 2.75) is 11.8 Å². The number of aromatic nitrogens is 2. The Hall–Kier alpha value is -2.34. The summed E-state index contributed by atoms with van der Waals surface area (Å²) in [6.07, 6.45) is 0. The number of aryl methyl sites for hydroxylation is 1. The normalized spacial score (nSPS) is 11.7. The molecule has 0 atom stereocenters. The summed E-state index contributed by atoms with van der Waals surface area (Å²) in [4.78, 5) is 7.06. The van der Waals surface area contributed by atoms with Gasteiger partial charge in [-0.1, -0.05) is 30.3 Å². The van der Waals surface area contributed by atoms with Crippen molar-refractivity contribution >= 4 is 21.2 Å². The van der Waals surface area contributed by atoms with Crippen LogP contribution in [0.4, 0.5) is 0 Å². The van der Waals surface area contributed by atoms with Crippen molar-refractivity contribution in [3.8, 4) is 6.01 Å². The van der Waals surface area contributed by atoms with Gasteiger partial charge in [0.25, 0.3) is 0 Å². The largest absolute Gasteiger partial charge is 0.342 e. The van der Waals surface area contributed by atoms with Gasteiger partial charge in [-0.25, -0.2) is 0 Å². The Labute approximate surface area is 116 Å². The molecule has 0 aliphatic heterocycles. The van der Waals surface area contributed by atoms with Crippen molar-refractivity contribution in [3.05, 3.63) is 54.1 Å². The van der Waals surface area contributed by atoms with Crippen LogP contribution in [0.15, 0.2) is 53.4 Å². The lowest BCUT2D eigenvalue weighted by molar-refractivity contribution is 0.468. The van der Waals surface area contributed by atoms with Gasteiger partial charge in [0.1, 0.15) is 4.90 Å². The minimum absolute atomic E-state index is 0.0329. The zero-order valence-electron chi connectivity index (χ0n) is 10.7. The minimum atomic E-state index is -3.89. The van der Waals surface area contributed by atoms with Crippen molar-refractivity contribution in [1.29, 1.82) is 0 Å². The van der Waals surface area contributed by atoms with Crippen molar-refractivity contribution in [1.82, 2.24) is 9.97 Å². The summed E-state index contributed by atoms with van der Waals surface area (Å²) in [6.45, 7) is 1.72. The number of aromatic amines is 1. The van der Waals surface area contributed by atoms with Crippen LogP contribution in [0.5, 0.6) is 6.01 Å². The van der Waals surface area contributed by atoms with Gasteiger partial charge in [0.05, 0.1) is 11.0 Å². The Morgan fingerprint density at radius 2 is 1.75 bits per heavy atom. The Balaban J connectivity index is 1.99. The molecule has 0 aliphatic carbocycles. The maximum absolute atomic E-state index is 12.2. The van der Waals surface area contributed by atoms with Crippen LogP contribution in [0, 0.1) is 6.92 Å². The average Bonchev–Trinajstić information content (AvgIpc) is 2.80. The molecule has 20 heavy (non-hydrogen) atoms. The van der Waals surface area contributed by atoms with Crippen molar-refractivity contribution < 1.29 is 12.6 Å². The van der Waals surface area contributed by atoms with E-state index in [-0.39, 0.29) is 10.9 Å². The fourth-order valence-corrected chi connectivity index (χ4v) is 3.04. The highest BCUT2D eigenvalue weighted by atomic mass is 32.2. The molecule has 0 spiro atoms. The lowest BCUT2D eigenvalue weighted by Crippen LogP contribution is -2.11. The minimum Gasteiger partial charge on any atom is -0.342 e. The summed E-state index contributed by atoms with van der Waals surface area (Å²) < 4.78 is 29.5. The van der Waals surface area contributed by atoms with Gasteiger partial charge in [-0.2, -0.15) is 13.4 Å². The first-order valence-corrected chi connectivity index (χ1v) is 7.42. The van der Waals surface area contributed by atoms with Crippen LogP contribution in [0.2, 0.25) is 0 Å². The average molecular weight is 288 g/mol. The van der Waals surface area contributed by atoms with Gasteiger partial charge in [0.2, 0.25) is 0 Å². The van der Waals surface area contributed by atoms with E-state index in [2.05, 4.69) is 9.97 Å². The van der Waals surface area contributed by atoms with Crippen LogP contribution >= 0.6 is 0 Å². The van der Waals surface area contributed by atoms with Gasteiger partial charge in [-0.15, -0.1) is 0 Å². The predicted octanol–water partition coefficient (Wildman–Crippen LogP) is 2.64. The zero-order chi connectivity index (χ0) is 14.2. The molecule has 0 amide bonds. The Bertz CT molecular complexity index is 836. The molecule has 0 unspecified atom stereocenters. The van der Waals surface area contributed by atoms with E-state index in [0.717, 1.165) is 5.52 Å². The summed E-state index contributed by atoms with van der Waals surface area (Å²) in [5, 5.41) is 0. The molecule has 0 saturated heterocycles. The first-order valence-electron chi connectivity index (χ1n) is 6.01. The van der Waals surface area contributed by atoms with Gasteiger partial charge < -0.3 is 9.17 Å². The van der Waals surface area contributed by atoms with Crippen molar-refractivity contribution in [2.75, 3.05) is 0 Å². The molecule has 3 rings (SSSR count). The summed E-state index contributed by atoms with van der Waals surface area (Å²) in [6, 6.07) is 13.9. The first-order chi connectivity index (χ1) is 9.56. The first kappa shape index (κ1) is 12.7. The van der Waals surface area contributed by atoms with Crippen LogP contribution in [-0.2, 0) is 10.1 Å². The standard InChI is InChI=1S/C14H12N2O3S/c1-10-6-2-5-9-13(10)20(17,18)19-14-15-11-7-3-4-8-12(11)16-14/h2-9H,1H3,(H,15,16). The molecule has 0 bridgehead atoms. The monoisotopic (exact) mass is 288 g/mol. The third kappa shape index (κ3) is 2.25. The molecule has 0 aliphatic rings. The molecule has 1 heterocycles. The molecule has 0 fully saturated rings. The quantitative estimate of drug-likeness (QED) is 0.752. The fourth-order valence-electron chi connectivity index (χ4n) is 1.95. The topological polar surface area (TPSA) is 72.1 Å². The molecular formula is C14H12N2O3S. The molecule has 102 valence electrons. The highest BCUT2D eigenvalue weighted by Gasteiger charge is 2.20. The number of rotatable bonds is 3. The van der Waals surface area contributed by atoms with E-state index in [1.165, 1.54) is 6.07 Å². The van der Waals surface area contributed by atoms with E-state index in [4.69, 9.17) is 4.18 Å². The number of hydrogen-bond acceptors (Lipinski definition) is 4. The smallest absolute Gasteiger partial charge is 0.342 e. The molecule has 1 N–H and O–H groups in total. The number of hydrogen-bond donors (Lipinski definition) is 1. The van der Waals surface area contributed by atoms with Crippen LogP contribution in [0.3, 0.4) is 0 Å². The number of H-pyrrole nitrogens is 1. The van der Waals surface area contributed by atoms with E-state index in [9.17, 15) is 8.42 Å². The van der Waals surface area contributed by atoms with Gasteiger partial charge in [0.15, 0.2) is 0 Å². The summed E-state index contributed by atoms with van der Waals surface area (Å²) in [5.74, 6) is 0. The highest BCUT2D eigenvalue weighted by molar-refractivity contribution is 7.87. The van der Waals surface area contributed by atoms with Gasteiger partial charge in [-0.05, 0) is 30.7 Å². The van der Waals surface area contributed by atoms with Gasteiger partial charge in [-0.3, -0.25) is 0 Å². The molecule has 6 heteroatoms. The summed E-state index contributed by atoms with van der Waals surface area (Å²) in [5.41, 5.74) is 2.01. The van der Waals surface area contributed by atoms with E-state index in [1.807, 2.05) is 12.1 Å². The molecule has 2 aromatic carbocycles. The number of para-hydroxylation sites is 2. The van der Waals surface area contributed by atoms with Gasteiger partial charge in [0, 0.05) is 0 Å². The Morgan fingerprint density at radius 1 is 1.05 bits per heavy atom. The van der Waals surface area contributed by atoms with Gasteiger partial charge >= 0.3 is 16.1 Å². The number of nitrogens with one attached hydrogen (secondary N) is 1. The third-order valence-electron chi connectivity index (χ3n) is 2.92. The number of imidazole rings is 1. The van der Waals surface area contributed by atoms with Crippen LogP contribution < -0.4 is 4.18 Å². The van der Waals surface area contributed by atoms with Crippen LogP contribution in [0.25, 0.3) is 11.0 Å². The lowest BCUT2D eigenvalue weighted by atomic mass is 10.2. The van der Waals surface area contributed by atoms with E-state index in [0.29, 0.717) is 11.1 Å². The van der Waals surface area contributed by atoms with E-state index in [1.54, 1.807) is 37.3 Å². The second-order valence-electron chi connectivity index (χ2n) is 4.36. The number of benzene rings is 2. The second kappa shape index (κ2) is 4.64. The van der Waals surface area contributed by atoms with Crippen molar-refractivity contribution in [2.24, 2.45) is 0 Å². The molecule has 0 radical (unpaired) electrons. The van der Waals surface area contributed by atoms with Crippen LogP contribution in [0.1, 0.15) is 5.56 Å². The maximum atomic E-state index is 12.2. The zero-order valence-corrected chi connectivity index (χ0v) is 11.5. The maximum Gasteiger partial charge on any atom is 0.342 e. The molecule has 1 aromatic heterocycles. The lowest BCUT2D eigenvalue weighted by Gasteiger charge is -2.06. The summed E-state index contributed by atoms with van der Waals surface area (Å²) in [7, 11) is -3.89. The molecular weight excluding hydrogens is 276 g/mol. The molecule has 0 saturated carbocycles. The SMILES string of the molecule is Cc1ccccc1S(=O)(=O)Oc1nc2ccccc2[nH]1. The van der Waals surface area contributed by atoms with E-state index >= 15 is 0 Å².